The maximum Gasteiger partial charge on any atom is 0.255 e. The Morgan fingerprint density at radius 2 is 1.89 bits per heavy atom. The minimum Gasteiger partial charge on any atom is -0.322 e. The van der Waals surface area contributed by atoms with Crippen molar-refractivity contribution >= 4 is 29.5 Å². The Morgan fingerprint density at radius 3 is 2.67 bits per heavy atom. The van der Waals surface area contributed by atoms with E-state index in [4.69, 9.17) is 0 Å². The monoisotopic (exact) mass is 521 g/mol. The Bertz CT molecular complexity index is 974. The van der Waals surface area contributed by atoms with Gasteiger partial charge in [0, 0.05) is 42.3 Å². The number of amides is 3. The van der Waals surface area contributed by atoms with E-state index in [9.17, 15) is 23.2 Å². The highest BCUT2D eigenvalue weighted by Crippen LogP contribution is 2.37. The molecule has 1 saturated heterocycles. The summed E-state index contributed by atoms with van der Waals surface area (Å²) in [6, 6.07) is 5.09. The summed E-state index contributed by atoms with van der Waals surface area (Å²) in [5.41, 5.74) is 1.63. The number of hydrogen-bond acceptors (Lipinski definition) is 5. The van der Waals surface area contributed by atoms with E-state index in [-0.39, 0.29) is 48.9 Å². The van der Waals surface area contributed by atoms with Gasteiger partial charge in [-0.1, -0.05) is 32.3 Å². The lowest BCUT2D eigenvalue weighted by Crippen LogP contribution is -2.52. The fourth-order valence-corrected chi connectivity index (χ4v) is 6.79. The van der Waals surface area contributed by atoms with Gasteiger partial charge in [0.05, 0.1) is 0 Å². The molecule has 3 aliphatic rings. The smallest absolute Gasteiger partial charge is 0.255 e. The lowest BCUT2D eigenvalue weighted by atomic mass is 9.84. The molecular formula is C27H37F2N3O3S. The summed E-state index contributed by atoms with van der Waals surface area (Å²) in [4.78, 5) is 39.3. The first-order chi connectivity index (χ1) is 17.2. The molecule has 1 aromatic rings. The molecule has 36 heavy (non-hydrogen) atoms. The summed E-state index contributed by atoms with van der Waals surface area (Å²) in [7, 11) is 0. The molecule has 1 aromatic carbocycles. The predicted molar refractivity (Wildman–Crippen MR) is 136 cm³/mol. The summed E-state index contributed by atoms with van der Waals surface area (Å²) in [5.74, 6) is -2.30. The van der Waals surface area contributed by atoms with Gasteiger partial charge in [-0.05, 0) is 61.6 Å². The highest BCUT2D eigenvalue weighted by molar-refractivity contribution is 7.99. The summed E-state index contributed by atoms with van der Waals surface area (Å²) < 4.78 is 27.4. The van der Waals surface area contributed by atoms with Crippen molar-refractivity contribution in [3.05, 3.63) is 29.3 Å². The molecule has 0 spiro atoms. The van der Waals surface area contributed by atoms with Crippen LogP contribution in [-0.4, -0.2) is 52.9 Å². The van der Waals surface area contributed by atoms with Gasteiger partial charge < -0.3 is 10.2 Å². The molecule has 0 bridgehead atoms. The summed E-state index contributed by atoms with van der Waals surface area (Å²) in [6.07, 6.45) is 6.85. The van der Waals surface area contributed by atoms with Gasteiger partial charge in [-0.2, -0.15) is 0 Å². The highest BCUT2D eigenvalue weighted by atomic mass is 32.2. The van der Waals surface area contributed by atoms with Crippen LogP contribution in [0.25, 0.3) is 0 Å². The number of unbranched alkanes of at least 4 members (excludes halogenated alkanes) is 4. The number of carbonyl (C=O) groups is 3. The SMILES string of the molecule is CC1CC(NCCCCCCCSc2cccc3c2CN(C2CCC(=O)NC2=O)C3=O)CC(F)(F)C1. The number of nitrogens with one attached hydrogen (secondary N) is 2. The zero-order valence-corrected chi connectivity index (χ0v) is 21.8. The van der Waals surface area contributed by atoms with Crippen LogP contribution >= 0.6 is 11.8 Å². The van der Waals surface area contributed by atoms with Crippen LogP contribution in [0.5, 0.6) is 0 Å². The lowest BCUT2D eigenvalue weighted by molar-refractivity contribution is -0.136. The van der Waals surface area contributed by atoms with Crippen molar-refractivity contribution in [3.8, 4) is 0 Å². The van der Waals surface area contributed by atoms with Crippen molar-refractivity contribution in [2.75, 3.05) is 12.3 Å². The molecule has 6 nitrogen and oxygen atoms in total. The van der Waals surface area contributed by atoms with Crippen LogP contribution in [-0.2, 0) is 16.1 Å². The first kappa shape index (κ1) is 27.0. The molecular weight excluding hydrogens is 484 g/mol. The topological polar surface area (TPSA) is 78.5 Å². The second-order valence-corrected chi connectivity index (χ2v) is 11.7. The first-order valence-corrected chi connectivity index (χ1v) is 14.2. The summed E-state index contributed by atoms with van der Waals surface area (Å²) in [6.45, 7) is 3.12. The quantitative estimate of drug-likeness (QED) is 0.246. The van der Waals surface area contributed by atoms with Gasteiger partial charge in [0.15, 0.2) is 0 Å². The molecule has 1 aliphatic carbocycles. The number of hydrogen-bond donors (Lipinski definition) is 2. The normalized spacial score (nSPS) is 25.7. The minimum atomic E-state index is -2.53. The molecule has 2 heterocycles. The van der Waals surface area contributed by atoms with Crippen LogP contribution in [0.4, 0.5) is 8.78 Å². The Balaban J connectivity index is 1.13. The average Bonchev–Trinajstić information content (AvgIpc) is 3.13. The van der Waals surface area contributed by atoms with Crippen LogP contribution < -0.4 is 10.6 Å². The van der Waals surface area contributed by atoms with E-state index < -0.39 is 12.0 Å². The molecule has 2 fully saturated rings. The summed E-state index contributed by atoms with van der Waals surface area (Å²) in [5, 5.41) is 5.68. The third kappa shape index (κ3) is 6.85. The maximum absolute atomic E-state index is 13.7. The van der Waals surface area contributed by atoms with Crippen molar-refractivity contribution in [1.82, 2.24) is 15.5 Å². The van der Waals surface area contributed by atoms with Gasteiger partial charge in [0.25, 0.3) is 5.91 Å². The molecule has 0 radical (unpaired) electrons. The number of alkyl halides is 2. The zero-order valence-electron chi connectivity index (χ0n) is 21.0. The van der Waals surface area contributed by atoms with E-state index >= 15 is 0 Å². The molecule has 3 unspecified atom stereocenters. The van der Waals surface area contributed by atoms with Gasteiger partial charge in [-0.15, -0.1) is 11.8 Å². The second kappa shape index (κ2) is 12.0. The van der Waals surface area contributed by atoms with Crippen molar-refractivity contribution in [2.24, 2.45) is 5.92 Å². The lowest BCUT2D eigenvalue weighted by Gasteiger charge is -2.33. The van der Waals surface area contributed by atoms with Crippen LogP contribution in [0.2, 0.25) is 0 Å². The third-order valence-electron chi connectivity index (χ3n) is 7.43. The largest absolute Gasteiger partial charge is 0.322 e. The van der Waals surface area contributed by atoms with Crippen molar-refractivity contribution < 1.29 is 23.2 Å². The molecule has 4 rings (SSSR count). The standard InChI is InChI=1S/C27H37F2N3O3S/c1-18-14-19(16-27(28,29)15-18)30-12-5-3-2-4-6-13-36-23-9-7-8-20-21(23)17-32(26(20)35)22-10-11-24(33)31-25(22)34/h7-9,18-19,22,30H,2-6,10-17H2,1H3,(H,31,33,34). The molecule has 198 valence electrons. The van der Waals surface area contributed by atoms with Crippen molar-refractivity contribution in [1.29, 1.82) is 0 Å². The molecule has 9 heteroatoms. The van der Waals surface area contributed by atoms with E-state index in [1.165, 1.54) is 0 Å². The number of nitrogens with zero attached hydrogens (tertiary/aromatic N) is 1. The van der Waals surface area contributed by atoms with E-state index in [2.05, 4.69) is 10.6 Å². The van der Waals surface area contributed by atoms with Crippen LogP contribution in [0.15, 0.2) is 23.1 Å². The number of thioether (sulfide) groups is 1. The van der Waals surface area contributed by atoms with Crippen LogP contribution in [0.1, 0.15) is 87.1 Å². The maximum atomic E-state index is 13.7. The van der Waals surface area contributed by atoms with E-state index in [0.717, 1.165) is 61.3 Å². The van der Waals surface area contributed by atoms with Crippen molar-refractivity contribution in [3.63, 3.8) is 0 Å². The molecule has 0 aromatic heterocycles. The Morgan fingerprint density at radius 1 is 1.11 bits per heavy atom. The Hall–Kier alpha value is -2.00. The second-order valence-electron chi connectivity index (χ2n) is 10.6. The Kier molecular flexibility index (Phi) is 9.04. The predicted octanol–water partition coefficient (Wildman–Crippen LogP) is 4.90. The number of fused-ring (bicyclic) bond motifs is 1. The fourth-order valence-electron chi connectivity index (χ4n) is 5.70. The van der Waals surface area contributed by atoms with E-state index in [1.807, 2.05) is 25.1 Å². The number of carbonyl (C=O) groups excluding carboxylic acids is 3. The fraction of sp³-hybridized carbons (Fsp3) is 0.667. The number of rotatable bonds is 11. The average molecular weight is 522 g/mol. The Labute approximate surface area is 216 Å². The van der Waals surface area contributed by atoms with E-state index in [0.29, 0.717) is 18.5 Å². The van der Waals surface area contributed by atoms with Crippen LogP contribution in [0.3, 0.4) is 0 Å². The molecule has 2 N–H and O–H groups in total. The summed E-state index contributed by atoms with van der Waals surface area (Å²) >= 11 is 1.75. The van der Waals surface area contributed by atoms with Crippen LogP contribution in [0, 0.1) is 5.92 Å². The van der Waals surface area contributed by atoms with Gasteiger partial charge >= 0.3 is 0 Å². The number of imide groups is 1. The van der Waals surface area contributed by atoms with Gasteiger partial charge in [-0.25, -0.2) is 8.78 Å². The number of halogens is 2. The van der Waals surface area contributed by atoms with E-state index in [1.54, 1.807) is 16.7 Å². The number of benzene rings is 1. The third-order valence-corrected chi connectivity index (χ3v) is 8.62. The minimum absolute atomic E-state index is 0.0172. The first-order valence-electron chi connectivity index (χ1n) is 13.2. The van der Waals surface area contributed by atoms with Gasteiger partial charge in [0.1, 0.15) is 6.04 Å². The van der Waals surface area contributed by atoms with Crippen molar-refractivity contribution in [2.45, 2.75) is 101 Å². The molecule has 1 saturated carbocycles. The zero-order chi connectivity index (χ0) is 25.7. The van der Waals surface area contributed by atoms with Gasteiger partial charge in [-0.3, -0.25) is 19.7 Å². The molecule has 2 aliphatic heterocycles. The molecule has 3 amide bonds. The van der Waals surface area contributed by atoms with Gasteiger partial charge in [0.2, 0.25) is 17.7 Å². The highest BCUT2D eigenvalue weighted by Gasteiger charge is 2.40. The number of piperidine rings is 1. The molecule has 3 atom stereocenters.